The fraction of sp³-hybridized carbons (Fsp3) is 0.643. The summed E-state index contributed by atoms with van der Waals surface area (Å²) < 4.78 is 6.17. The molecule has 0 aromatic rings. The monoisotopic (exact) mass is 289 g/mol. The summed E-state index contributed by atoms with van der Waals surface area (Å²) in [5.74, 6) is 3.23. The van der Waals surface area contributed by atoms with E-state index in [9.17, 15) is 0 Å². The van der Waals surface area contributed by atoms with E-state index in [-0.39, 0.29) is 18.9 Å². The van der Waals surface area contributed by atoms with Crippen molar-refractivity contribution in [3.63, 3.8) is 0 Å². The minimum atomic E-state index is 0. The first-order chi connectivity index (χ1) is 8.95. The van der Waals surface area contributed by atoms with Gasteiger partial charge in [-0.3, -0.25) is 0 Å². The number of allylic oxidation sites excluding steroid dienone is 2. The quantitative estimate of drug-likeness (QED) is 0.515. The number of rotatable bonds is 2. The fourth-order valence-electron chi connectivity index (χ4n) is 2.63. The van der Waals surface area contributed by atoms with Gasteiger partial charge in [0.2, 0.25) is 0 Å². The van der Waals surface area contributed by atoms with Crippen LogP contribution in [0.4, 0.5) is 0 Å². The van der Waals surface area contributed by atoms with Gasteiger partial charge in [-0.25, -0.2) is 12.2 Å². The Kier molecular flexibility index (Phi) is 6.81. The molecule has 0 radical (unpaired) electrons. The second-order valence-corrected chi connectivity index (χ2v) is 7.55. The molecule has 100 valence electrons. The van der Waals surface area contributed by atoms with Gasteiger partial charge in [-0.15, -0.1) is 41.7 Å². The molecule has 0 aromatic carbocycles. The normalized spacial score (nSPS) is 29.3. The Labute approximate surface area is 137 Å². The van der Waals surface area contributed by atoms with E-state index in [2.05, 4.69) is 52.7 Å². The number of thioether (sulfide) groups is 2. The molecule has 0 spiro atoms. The first-order valence-electron chi connectivity index (χ1n) is 6.73. The second-order valence-electron chi connectivity index (χ2n) is 4.76. The van der Waals surface area contributed by atoms with Gasteiger partial charge in [0.15, 0.2) is 0 Å². The van der Waals surface area contributed by atoms with Gasteiger partial charge in [0.05, 0.1) is 13.2 Å². The molecule has 0 amide bonds. The predicted octanol–water partition coefficient (Wildman–Crippen LogP) is -0.207. The Balaban J connectivity index is 0.00000133. The summed E-state index contributed by atoms with van der Waals surface area (Å²) >= 11 is 4.27. The van der Waals surface area contributed by atoms with Crippen molar-refractivity contribution in [3.8, 4) is 0 Å². The molecule has 1 atom stereocenters. The van der Waals surface area contributed by atoms with Crippen molar-refractivity contribution in [2.45, 2.75) is 11.0 Å². The van der Waals surface area contributed by atoms with Crippen LogP contribution in [-0.2, 0) is 4.74 Å². The summed E-state index contributed by atoms with van der Waals surface area (Å²) in [6.45, 7) is 3.84. The first-order valence-corrected chi connectivity index (χ1v) is 8.82. The number of hydrogen-bond donors (Lipinski definition) is 0. The third kappa shape index (κ3) is 4.03. The van der Waals surface area contributed by atoms with Crippen molar-refractivity contribution in [1.29, 1.82) is 0 Å². The molecule has 2 fully saturated rings. The van der Waals surface area contributed by atoms with E-state index in [0.29, 0.717) is 10.5 Å². The molecule has 2 saturated heterocycles. The van der Waals surface area contributed by atoms with Gasteiger partial charge in [0.1, 0.15) is 0 Å². The van der Waals surface area contributed by atoms with Crippen LogP contribution in [0.1, 0.15) is 6.42 Å². The first kappa shape index (κ1) is 15.9. The number of morpholine rings is 1. The minimum absolute atomic E-state index is 0. The van der Waals surface area contributed by atoms with Crippen LogP contribution in [0.25, 0.3) is 0 Å². The smallest absolute Gasteiger partial charge is 0.379 e. The molecule has 3 rings (SSSR count). The Bertz CT molecular complexity index is 293. The Hall–Kier alpha value is 0.567. The summed E-state index contributed by atoms with van der Waals surface area (Å²) in [6, 6.07) is 1.51. The van der Waals surface area contributed by atoms with Crippen molar-refractivity contribution >= 4 is 23.5 Å². The zero-order valence-electron chi connectivity index (χ0n) is 11.6. The molecule has 0 bridgehead atoms. The zero-order valence-corrected chi connectivity index (χ0v) is 13.2. The van der Waals surface area contributed by atoms with Crippen LogP contribution < -0.4 is 18.9 Å². The maximum atomic E-state index is 5.46. The van der Waals surface area contributed by atoms with Gasteiger partial charge in [-0.05, 0) is 23.8 Å². The summed E-state index contributed by atoms with van der Waals surface area (Å²) in [7, 11) is 0. The van der Waals surface area contributed by atoms with E-state index in [0.717, 1.165) is 26.3 Å². The van der Waals surface area contributed by atoms with E-state index in [1.807, 2.05) is 0 Å². The van der Waals surface area contributed by atoms with Gasteiger partial charge in [0, 0.05) is 17.7 Å². The van der Waals surface area contributed by atoms with Gasteiger partial charge in [-0.1, -0.05) is 0 Å². The van der Waals surface area contributed by atoms with E-state index < -0.39 is 0 Å². The number of hydrogen-bond acceptors (Lipinski definition) is 4. The van der Waals surface area contributed by atoms with Crippen LogP contribution in [0.15, 0.2) is 24.3 Å². The van der Waals surface area contributed by atoms with Gasteiger partial charge < -0.3 is 9.64 Å². The topological polar surface area (TPSA) is 12.5 Å². The van der Waals surface area contributed by atoms with Crippen LogP contribution in [0, 0.1) is 12.0 Å². The molecule has 0 saturated carbocycles. The fourth-order valence-corrected chi connectivity index (χ4v) is 5.74. The average molecular weight is 289 g/mol. The van der Waals surface area contributed by atoms with E-state index in [1.54, 1.807) is 0 Å². The van der Waals surface area contributed by atoms with Crippen molar-refractivity contribution in [1.82, 2.24) is 4.90 Å². The Morgan fingerprint density at radius 3 is 2.58 bits per heavy atom. The van der Waals surface area contributed by atoms with E-state index in [1.165, 1.54) is 24.0 Å². The average Bonchev–Trinajstić information content (AvgIpc) is 2.49. The predicted molar refractivity (Wildman–Crippen MR) is 80.7 cm³/mol. The molecular weight excluding hydrogens is 269 g/mol. The van der Waals surface area contributed by atoms with Crippen LogP contribution in [0.2, 0.25) is 0 Å². The van der Waals surface area contributed by atoms with Gasteiger partial charge in [0.25, 0.3) is 0 Å². The minimum Gasteiger partial charge on any atom is -0.379 e. The molecule has 0 N–H and O–H groups in total. The Morgan fingerprint density at radius 1 is 1.11 bits per heavy atom. The summed E-state index contributed by atoms with van der Waals surface area (Å²) in [4.78, 5) is 2.52. The van der Waals surface area contributed by atoms with Crippen molar-refractivity contribution in [2.24, 2.45) is 5.92 Å². The van der Waals surface area contributed by atoms with Crippen LogP contribution in [-0.4, -0.2) is 47.3 Å². The number of nitrogens with zero attached hydrogens (tertiary/aromatic N) is 1. The largest absolute Gasteiger partial charge is 1.00 e. The molecule has 19 heavy (non-hydrogen) atoms. The summed E-state index contributed by atoms with van der Waals surface area (Å²) in [5.41, 5.74) is 0. The molecule has 0 aromatic heterocycles. The standard InChI is InChI=1S/C14H20NOS2.Li/c1-2-5-13(15-6-8-16-9-7-15)12(4-1)14-17-10-3-11-18-14;/h1-2,4-5,12,14H,3,6-11H2;/q-1;+1. The molecule has 2 nitrogen and oxygen atoms in total. The van der Waals surface area contributed by atoms with E-state index in [4.69, 9.17) is 4.74 Å². The molecule has 5 heteroatoms. The van der Waals surface area contributed by atoms with Crippen LogP contribution in [0.5, 0.6) is 0 Å². The zero-order chi connectivity index (χ0) is 12.2. The molecule has 2 aliphatic heterocycles. The SMILES string of the molecule is C1=C[C-](N2CCOCC2)C(C2SCCCS2)C=C1.[Li+]. The molecular formula is C14H20LiNOS2. The Morgan fingerprint density at radius 2 is 1.84 bits per heavy atom. The van der Waals surface area contributed by atoms with Gasteiger partial charge in [-0.2, -0.15) is 0 Å². The van der Waals surface area contributed by atoms with Gasteiger partial charge >= 0.3 is 18.9 Å². The third-order valence-electron chi connectivity index (χ3n) is 3.56. The van der Waals surface area contributed by atoms with E-state index >= 15 is 0 Å². The second kappa shape index (κ2) is 8.12. The van der Waals surface area contributed by atoms with Crippen LogP contribution in [0.3, 0.4) is 0 Å². The molecule has 1 unspecified atom stereocenters. The van der Waals surface area contributed by atoms with Crippen molar-refractivity contribution in [2.75, 3.05) is 37.8 Å². The maximum Gasteiger partial charge on any atom is 1.00 e. The van der Waals surface area contributed by atoms with Crippen molar-refractivity contribution in [3.05, 3.63) is 30.3 Å². The summed E-state index contributed by atoms with van der Waals surface area (Å²) in [5, 5.41) is 0. The molecule has 2 heterocycles. The third-order valence-corrected chi connectivity index (χ3v) is 6.67. The number of ether oxygens (including phenoxy) is 1. The van der Waals surface area contributed by atoms with Crippen LogP contribution >= 0.6 is 23.5 Å². The molecule has 3 aliphatic rings. The summed E-state index contributed by atoms with van der Waals surface area (Å²) in [6.07, 6.45) is 10.5. The van der Waals surface area contributed by atoms with Crippen molar-refractivity contribution < 1.29 is 23.6 Å². The molecule has 1 aliphatic carbocycles. The maximum absolute atomic E-state index is 5.46.